The zero-order chi connectivity index (χ0) is 17.6. The molecule has 2 aromatic rings. The maximum atomic E-state index is 12.5. The molecule has 0 unspecified atom stereocenters. The highest BCUT2D eigenvalue weighted by Crippen LogP contribution is 2.36. The molecule has 2 amide bonds. The van der Waals surface area contributed by atoms with Crippen molar-refractivity contribution in [2.24, 2.45) is 0 Å². The molecule has 9 heteroatoms. The first kappa shape index (κ1) is 15.1. The van der Waals surface area contributed by atoms with E-state index >= 15 is 0 Å². The number of amides is 2. The summed E-state index contributed by atoms with van der Waals surface area (Å²) in [6.45, 7) is -0.343. The average molecular weight is 325 g/mol. The van der Waals surface area contributed by atoms with Crippen LogP contribution in [0.2, 0.25) is 0 Å². The molecule has 0 spiro atoms. The summed E-state index contributed by atoms with van der Waals surface area (Å²) >= 11 is 0. The van der Waals surface area contributed by atoms with Crippen LogP contribution in [0, 0.1) is 32.6 Å². The van der Waals surface area contributed by atoms with Crippen molar-refractivity contribution in [3.63, 3.8) is 0 Å². The van der Waals surface area contributed by atoms with Gasteiger partial charge in [0, 0.05) is 29.7 Å². The zero-order valence-electron chi connectivity index (χ0n) is 11.9. The summed E-state index contributed by atoms with van der Waals surface area (Å²) in [6, 6.07) is 4.26. The fourth-order valence-corrected chi connectivity index (χ4v) is 2.65. The number of hydrogen-bond acceptors (Lipinski definition) is 6. The Morgan fingerprint density at radius 1 is 0.958 bits per heavy atom. The molecule has 0 saturated heterocycles. The molecule has 24 heavy (non-hydrogen) atoms. The summed E-state index contributed by atoms with van der Waals surface area (Å²) in [6.07, 6.45) is 5.14. The van der Waals surface area contributed by atoms with Crippen molar-refractivity contribution in [3.05, 3.63) is 55.6 Å². The fourth-order valence-electron chi connectivity index (χ4n) is 2.65. The smallest absolute Gasteiger partial charge is 0.269 e. The van der Waals surface area contributed by atoms with E-state index in [-0.39, 0.29) is 28.4 Å². The minimum absolute atomic E-state index is 0.0745. The van der Waals surface area contributed by atoms with E-state index < -0.39 is 33.0 Å². The Kier molecular flexibility index (Phi) is 3.23. The molecule has 1 heterocycles. The summed E-state index contributed by atoms with van der Waals surface area (Å²) in [5, 5.41) is 22.3. The van der Waals surface area contributed by atoms with E-state index in [1.165, 1.54) is 0 Å². The third-order valence-electron chi connectivity index (χ3n) is 3.64. The van der Waals surface area contributed by atoms with Crippen molar-refractivity contribution in [2.75, 3.05) is 6.54 Å². The molecule has 0 atom stereocenters. The molecular weight excluding hydrogens is 318 g/mol. The van der Waals surface area contributed by atoms with Crippen LogP contribution in [-0.2, 0) is 0 Å². The molecule has 0 aromatic heterocycles. The van der Waals surface area contributed by atoms with Gasteiger partial charge in [-0.3, -0.25) is 34.7 Å². The SMILES string of the molecule is C#CCN1C(=O)c2cc([N+](=O)[O-])cc3cc([N+](=O)[O-])cc(c23)C1=O. The Labute approximate surface area is 133 Å². The normalized spacial score (nSPS) is 13.0. The Bertz CT molecular complexity index is 936. The highest BCUT2D eigenvalue weighted by atomic mass is 16.6. The Morgan fingerprint density at radius 3 is 1.79 bits per heavy atom. The predicted molar refractivity (Wildman–Crippen MR) is 81.5 cm³/mol. The molecule has 0 N–H and O–H groups in total. The van der Waals surface area contributed by atoms with Crippen LogP contribution in [-0.4, -0.2) is 33.1 Å². The third kappa shape index (κ3) is 2.05. The van der Waals surface area contributed by atoms with Gasteiger partial charge in [-0.15, -0.1) is 6.42 Å². The second kappa shape index (κ2) is 5.13. The van der Waals surface area contributed by atoms with Crippen molar-refractivity contribution >= 4 is 34.0 Å². The van der Waals surface area contributed by atoms with Crippen LogP contribution in [0.25, 0.3) is 10.8 Å². The minimum atomic E-state index is -0.770. The molecule has 2 aromatic carbocycles. The Morgan fingerprint density at radius 2 is 1.42 bits per heavy atom. The first-order valence-corrected chi connectivity index (χ1v) is 6.55. The van der Waals surface area contributed by atoms with Crippen molar-refractivity contribution in [1.82, 2.24) is 4.90 Å². The van der Waals surface area contributed by atoms with Gasteiger partial charge in [0.1, 0.15) is 0 Å². The fraction of sp³-hybridized carbons (Fsp3) is 0.0667. The third-order valence-corrected chi connectivity index (χ3v) is 3.64. The maximum absolute atomic E-state index is 12.5. The molecule has 1 aliphatic rings. The summed E-state index contributed by atoms with van der Waals surface area (Å²) in [7, 11) is 0. The number of terminal acetylenes is 1. The zero-order valence-corrected chi connectivity index (χ0v) is 11.9. The van der Waals surface area contributed by atoms with Gasteiger partial charge in [0.15, 0.2) is 0 Å². The molecule has 0 fully saturated rings. The van der Waals surface area contributed by atoms with E-state index in [1.54, 1.807) is 0 Å². The molecule has 3 rings (SSSR count). The number of rotatable bonds is 3. The highest BCUT2D eigenvalue weighted by molar-refractivity contribution is 6.26. The highest BCUT2D eigenvalue weighted by Gasteiger charge is 2.35. The molecule has 9 nitrogen and oxygen atoms in total. The summed E-state index contributed by atoms with van der Waals surface area (Å²) < 4.78 is 0. The molecule has 118 valence electrons. The van der Waals surface area contributed by atoms with Gasteiger partial charge in [-0.25, -0.2) is 0 Å². The van der Waals surface area contributed by atoms with E-state index in [0.29, 0.717) is 0 Å². The molecule has 0 saturated carbocycles. The monoisotopic (exact) mass is 325 g/mol. The number of carbonyl (C=O) groups excluding carboxylic acids is 2. The van der Waals surface area contributed by atoms with Crippen molar-refractivity contribution in [1.29, 1.82) is 0 Å². The molecule has 0 bridgehead atoms. The first-order valence-electron chi connectivity index (χ1n) is 6.55. The van der Waals surface area contributed by atoms with Crippen LogP contribution in [0.15, 0.2) is 24.3 Å². The number of nitro groups is 2. The number of imide groups is 1. The average Bonchev–Trinajstić information content (AvgIpc) is 2.55. The van der Waals surface area contributed by atoms with Gasteiger partial charge < -0.3 is 0 Å². The number of non-ortho nitro benzene ring substituents is 2. The van der Waals surface area contributed by atoms with Crippen LogP contribution in [0.1, 0.15) is 20.7 Å². The van der Waals surface area contributed by atoms with E-state index in [1.807, 2.05) is 0 Å². The van der Waals surface area contributed by atoms with Crippen molar-refractivity contribution in [3.8, 4) is 12.3 Å². The summed E-state index contributed by atoms with van der Waals surface area (Å²) in [4.78, 5) is 46.3. The summed E-state index contributed by atoms with van der Waals surface area (Å²) in [5.41, 5.74) is -0.988. The van der Waals surface area contributed by atoms with Gasteiger partial charge in [-0.1, -0.05) is 5.92 Å². The van der Waals surface area contributed by atoms with E-state index in [9.17, 15) is 29.8 Å². The van der Waals surface area contributed by atoms with Crippen molar-refractivity contribution in [2.45, 2.75) is 0 Å². The lowest BCUT2D eigenvalue weighted by Crippen LogP contribution is -2.40. The first-order chi connectivity index (χ1) is 11.3. The van der Waals surface area contributed by atoms with Gasteiger partial charge >= 0.3 is 0 Å². The second-order valence-corrected chi connectivity index (χ2v) is 5.00. The lowest BCUT2D eigenvalue weighted by molar-refractivity contribution is -0.385. The van der Waals surface area contributed by atoms with Gasteiger partial charge in [0.2, 0.25) is 0 Å². The van der Waals surface area contributed by atoms with Crippen LogP contribution in [0.4, 0.5) is 11.4 Å². The van der Waals surface area contributed by atoms with Gasteiger partial charge in [0.25, 0.3) is 23.2 Å². The van der Waals surface area contributed by atoms with Crippen molar-refractivity contribution < 1.29 is 19.4 Å². The largest absolute Gasteiger partial charge is 0.270 e. The molecular formula is C15H7N3O6. The van der Waals surface area contributed by atoms with Crippen LogP contribution in [0.5, 0.6) is 0 Å². The molecule has 0 aliphatic carbocycles. The number of hydrogen-bond donors (Lipinski definition) is 0. The number of carbonyl (C=O) groups is 2. The van der Waals surface area contributed by atoms with Crippen LogP contribution < -0.4 is 0 Å². The Balaban J connectivity index is 2.44. The van der Waals surface area contributed by atoms with Crippen LogP contribution >= 0.6 is 0 Å². The standard InChI is InChI=1S/C15H7N3O6/c1-2-3-16-14(19)11-6-9(17(21)22)4-8-5-10(18(23)24)7-12(13(8)11)15(16)20/h1,4-7H,3H2. The number of nitrogens with zero attached hydrogens (tertiary/aromatic N) is 3. The van der Waals surface area contributed by atoms with E-state index in [0.717, 1.165) is 29.2 Å². The summed E-state index contributed by atoms with van der Waals surface area (Å²) in [5.74, 6) is 0.612. The molecule has 0 radical (unpaired) electrons. The predicted octanol–water partition coefficient (Wildman–Crippen LogP) is 1.89. The van der Waals surface area contributed by atoms with Gasteiger partial charge in [0.05, 0.1) is 27.5 Å². The quantitative estimate of drug-likeness (QED) is 0.367. The second-order valence-electron chi connectivity index (χ2n) is 5.00. The lowest BCUT2D eigenvalue weighted by Gasteiger charge is -2.25. The maximum Gasteiger partial charge on any atom is 0.270 e. The van der Waals surface area contributed by atoms with Gasteiger partial charge in [-0.05, 0) is 5.39 Å². The van der Waals surface area contributed by atoms with Crippen LogP contribution in [0.3, 0.4) is 0 Å². The van der Waals surface area contributed by atoms with E-state index in [2.05, 4.69) is 5.92 Å². The Hall–Kier alpha value is -3.80. The number of nitro benzene ring substituents is 2. The molecule has 1 aliphatic heterocycles. The topological polar surface area (TPSA) is 124 Å². The number of benzene rings is 2. The van der Waals surface area contributed by atoms with E-state index in [4.69, 9.17) is 6.42 Å². The van der Waals surface area contributed by atoms with Gasteiger partial charge in [-0.2, -0.15) is 0 Å². The minimum Gasteiger partial charge on any atom is -0.269 e. The lowest BCUT2D eigenvalue weighted by atomic mass is 9.92.